The van der Waals surface area contributed by atoms with Gasteiger partial charge < -0.3 is 14.7 Å². The lowest BCUT2D eigenvalue weighted by Gasteiger charge is -2.15. The Hall–Kier alpha value is -4.21. The molecule has 0 saturated carbocycles. The van der Waals surface area contributed by atoms with E-state index < -0.39 is 23.9 Å². The SMILES string of the molecule is CC1CN(C(=O)c2nonc2NC(=O)OCC2c3ccccc3-c3ccccc32)CC1C(=O)O. The van der Waals surface area contributed by atoms with Gasteiger partial charge in [-0.3, -0.25) is 14.9 Å². The first-order valence-corrected chi connectivity index (χ1v) is 10.9. The van der Waals surface area contributed by atoms with E-state index in [2.05, 4.69) is 20.3 Å². The molecule has 1 fully saturated rings. The van der Waals surface area contributed by atoms with Gasteiger partial charge in [-0.2, -0.15) is 0 Å². The molecule has 2 N–H and O–H groups in total. The number of anilines is 1. The molecule has 2 atom stereocenters. The second-order valence-corrected chi connectivity index (χ2v) is 8.54. The second-order valence-electron chi connectivity index (χ2n) is 8.54. The zero-order valence-corrected chi connectivity index (χ0v) is 18.3. The zero-order chi connectivity index (χ0) is 23.8. The number of carboxylic acid groups (broad SMARTS) is 1. The number of nitrogens with zero attached hydrogens (tertiary/aromatic N) is 3. The van der Waals surface area contributed by atoms with Crippen LogP contribution in [0.1, 0.15) is 34.5 Å². The van der Waals surface area contributed by atoms with E-state index in [4.69, 9.17) is 4.74 Å². The quantitative estimate of drug-likeness (QED) is 0.590. The molecule has 10 nitrogen and oxygen atoms in total. The molecule has 5 rings (SSSR count). The first-order chi connectivity index (χ1) is 16.4. The number of aromatic nitrogens is 2. The number of carbonyl (C=O) groups excluding carboxylic acids is 2. The summed E-state index contributed by atoms with van der Waals surface area (Å²) >= 11 is 0. The topological polar surface area (TPSA) is 135 Å². The van der Waals surface area contributed by atoms with E-state index in [1.165, 1.54) is 4.90 Å². The van der Waals surface area contributed by atoms with E-state index in [-0.39, 0.29) is 43.0 Å². The number of aliphatic carboxylic acids is 1. The molecular formula is C24H22N4O6. The van der Waals surface area contributed by atoms with Crippen LogP contribution in [-0.4, -0.2) is 58.0 Å². The van der Waals surface area contributed by atoms with Gasteiger partial charge in [0, 0.05) is 19.0 Å². The molecule has 0 spiro atoms. The van der Waals surface area contributed by atoms with Gasteiger partial charge in [-0.15, -0.1) is 0 Å². The zero-order valence-electron chi connectivity index (χ0n) is 18.3. The van der Waals surface area contributed by atoms with Crippen molar-refractivity contribution in [1.82, 2.24) is 15.2 Å². The minimum atomic E-state index is -0.960. The number of nitrogens with one attached hydrogen (secondary N) is 1. The monoisotopic (exact) mass is 462 g/mol. The number of rotatable bonds is 5. The Morgan fingerprint density at radius 1 is 1.06 bits per heavy atom. The third-order valence-corrected chi connectivity index (χ3v) is 6.47. The molecule has 0 bridgehead atoms. The lowest BCUT2D eigenvalue weighted by atomic mass is 9.98. The van der Waals surface area contributed by atoms with Gasteiger partial charge in [0.2, 0.25) is 11.5 Å². The Morgan fingerprint density at radius 2 is 1.71 bits per heavy atom. The average Bonchev–Trinajstić information content (AvgIpc) is 3.53. The summed E-state index contributed by atoms with van der Waals surface area (Å²) in [4.78, 5) is 38.1. The number of likely N-dealkylation sites (tertiary alicyclic amines) is 1. The van der Waals surface area contributed by atoms with Crippen molar-refractivity contribution in [2.75, 3.05) is 25.0 Å². The summed E-state index contributed by atoms with van der Waals surface area (Å²) in [6.07, 6.45) is -0.801. The van der Waals surface area contributed by atoms with Crippen molar-refractivity contribution in [2.24, 2.45) is 11.8 Å². The third kappa shape index (κ3) is 3.76. The average molecular weight is 462 g/mol. The summed E-state index contributed by atoms with van der Waals surface area (Å²) in [5.74, 6) is -2.69. The van der Waals surface area contributed by atoms with E-state index in [0.29, 0.717) is 0 Å². The summed E-state index contributed by atoms with van der Waals surface area (Å²) in [5, 5.41) is 18.9. The largest absolute Gasteiger partial charge is 0.481 e. The molecule has 2 amide bonds. The van der Waals surface area contributed by atoms with Crippen molar-refractivity contribution >= 4 is 23.8 Å². The van der Waals surface area contributed by atoms with Gasteiger partial charge in [0.1, 0.15) is 6.61 Å². The van der Waals surface area contributed by atoms with E-state index in [0.717, 1.165) is 22.3 Å². The predicted molar refractivity (Wildman–Crippen MR) is 119 cm³/mol. The van der Waals surface area contributed by atoms with E-state index in [1.807, 2.05) is 48.5 Å². The molecule has 34 heavy (non-hydrogen) atoms. The number of carboxylic acids is 1. The van der Waals surface area contributed by atoms with Crippen molar-refractivity contribution in [2.45, 2.75) is 12.8 Å². The van der Waals surface area contributed by atoms with E-state index >= 15 is 0 Å². The molecule has 2 heterocycles. The molecule has 10 heteroatoms. The van der Waals surface area contributed by atoms with Gasteiger partial charge in [-0.1, -0.05) is 55.5 Å². The molecule has 1 aliphatic carbocycles. The number of fused-ring (bicyclic) bond motifs is 3. The summed E-state index contributed by atoms with van der Waals surface area (Å²) in [6.45, 7) is 2.17. The number of amides is 2. The van der Waals surface area contributed by atoms with Crippen LogP contribution in [0.5, 0.6) is 0 Å². The van der Waals surface area contributed by atoms with Crippen LogP contribution >= 0.6 is 0 Å². The summed E-state index contributed by atoms with van der Waals surface area (Å²) in [6, 6.07) is 16.0. The van der Waals surface area contributed by atoms with Gasteiger partial charge in [-0.25, -0.2) is 9.42 Å². The van der Waals surface area contributed by atoms with Crippen molar-refractivity contribution in [3.8, 4) is 11.1 Å². The van der Waals surface area contributed by atoms with Gasteiger partial charge >= 0.3 is 12.1 Å². The number of hydrogen-bond acceptors (Lipinski definition) is 7. The van der Waals surface area contributed by atoms with Crippen molar-refractivity contribution in [3.63, 3.8) is 0 Å². The minimum absolute atomic E-state index is 0.0482. The third-order valence-electron chi connectivity index (χ3n) is 6.47. The van der Waals surface area contributed by atoms with Crippen LogP contribution < -0.4 is 5.32 Å². The molecular weight excluding hydrogens is 440 g/mol. The number of benzene rings is 2. The van der Waals surface area contributed by atoms with Gasteiger partial charge in [-0.05, 0) is 38.5 Å². The first kappa shape index (κ1) is 21.6. The molecule has 174 valence electrons. The predicted octanol–water partition coefficient (Wildman–Crippen LogP) is 3.22. The maximum Gasteiger partial charge on any atom is 0.412 e. The Bertz CT molecular complexity index is 1230. The van der Waals surface area contributed by atoms with Crippen molar-refractivity contribution in [1.29, 1.82) is 0 Å². The van der Waals surface area contributed by atoms with Crippen LogP contribution in [-0.2, 0) is 9.53 Å². The smallest absolute Gasteiger partial charge is 0.412 e. The van der Waals surface area contributed by atoms with E-state index in [1.54, 1.807) is 6.92 Å². The molecule has 1 aromatic heterocycles. The molecule has 2 unspecified atom stereocenters. The van der Waals surface area contributed by atoms with Crippen molar-refractivity contribution in [3.05, 3.63) is 65.4 Å². The molecule has 0 radical (unpaired) electrons. The summed E-state index contributed by atoms with van der Waals surface area (Å²) < 4.78 is 10.1. The van der Waals surface area contributed by atoms with Gasteiger partial charge in [0.05, 0.1) is 5.92 Å². The highest BCUT2D eigenvalue weighted by atomic mass is 16.6. The highest BCUT2D eigenvalue weighted by Gasteiger charge is 2.39. The highest BCUT2D eigenvalue weighted by Crippen LogP contribution is 2.44. The van der Waals surface area contributed by atoms with E-state index in [9.17, 15) is 19.5 Å². The van der Waals surface area contributed by atoms with Gasteiger partial charge in [0.15, 0.2) is 0 Å². The minimum Gasteiger partial charge on any atom is -0.481 e. The highest BCUT2D eigenvalue weighted by molar-refractivity contribution is 6.00. The number of hydrogen-bond donors (Lipinski definition) is 2. The molecule has 3 aromatic rings. The molecule has 1 saturated heterocycles. The lowest BCUT2D eigenvalue weighted by Crippen LogP contribution is -2.31. The van der Waals surface area contributed by atoms with Crippen LogP contribution in [0.15, 0.2) is 53.2 Å². The molecule has 2 aliphatic rings. The Balaban J connectivity index is 1.25. The fourth-order valence-electron chi connectivity index (χ4n) is 4.75. The molecule has 1 aliphatic heterocycles. The fraction of sp³-hybridized carbons (Fsp3) is 0.292. The normalized spacial score (nSPS) is 18.9. The van der Waals surface area contributed by atoms with Crippen LogP contribution in [0.2, 0.25) is 0 Å². The summed E-state index contributed by atoms with van der Waals surface area (Å²) in [7, 11) is 0. The Kier molecular flexibility index (Phi) is 5.48. The van der Waals surface area contributed by atoms with Crippen LogP contribution in [0, 0.1) is 11.8 Å². The second kappa shape index (κ2) is 8.62. The molecule has 2 aromatic carbocycles. The van der Waals surface area contributed by atoms with Crippen LogP contribution in [0.3, 0.4) is 0 Å². The Morgan fingerprint density at radius 3 is 2.32 bits per heavy atom. The number of carbonyl (C=O) groups is 3. The van der Waals surface area contributed by atoms with Gasteiger partial charge in [0.25, 0.3) is 5.91 Å². The Labute approximate surface area is 194 Å². The standard InChI is InChI=1S/C24H22N4O6/c1-13-10-28(11-18(13)23(30)31)22(29)20-21(27-34-26-20)25-24(32)33-12-19-16-8-4-2-6-14(16)15-7-3-5-9-17(15)19/h2-9,13,18-19H,10-12H2,1H3,(H,30,31)(H,25,27,32). The summed E-state index contributed by atoms with van der Waals surface area (Å²) in [5.41, 5.74) is 4.17. The maximum absolute atomic E-state index is 12.8. The van der Waals surface area contributed by atoms with Crippen molar-refractivity contribution < 1.29 is 28.9 Å². The lowest BCUT2D eigenvalue weighted by molar-refractivity contribution is -0.142. The number of ether oxygens (including phenoxy) is 1. The first-order valence-electron chi connectivity index (χ1n) is 10.9. The fourth-order valence-corrected chi connectivity index (χ4v) is 4.75. The maximum atomic E-state index is 12.8. The van der Waals surface area contributed by atoms with Crippen LogP contribution in [0.25, 0.3) is 11.1 Å². The van der Waals surface area contributed by atoms with Crippen LogP contribution in [0.4, 0.5) is 10.6 Å².